The van der Waals surface area contributed by atoms with Gasteiger partial charge in [0.05, 0.1) is 10.5 Å². The number of hydrogen-bond donors (Lipinski definition) is 3. The van der Waals surface area contributed by atoms with Gasteiger partial charge in [0.25, 0.3) is 0 Å². The van der Waals surface area contributed by atoms with Crippen LogP contribution in [0.25, 0.3) is 0 Å². The standard InChI is InChI=1S/C7H7NO3.C3H4O4.Mg.2H/c9-7(8(10)11)6-4-2-1-3-5-6;4-2(5)1-3(6)7;;;/h1-5,7,9H;1H2,(H,4,5)(H,6,7);;;. The first kappa shape index (κ1) is 19.6. The molecule has 1 atom stereocenters. The number of nitro groups is 1. The van der Waals surface area contributed by atoms with Gasteiger partial charge >= 0.3 is 41.2 Å². The van der Waals surface area contributed by atoms with Gasteiger partial charge in [-0.25, -0.2) is 0 Å². The number of carboxylic acid groups (broad SMARTS) is 2. The van der Waals surface area contributed by atoms with Crippen molar-refractivity contribution in [2.45, 2.75) is 12.6 Å². The first-order valence-corrected chi connectivity index (χ1v) is 4.64. The lowest BCUT2D eigenvalue weighted by molar-refractivity contribution is -0.578. The second-order valence-electron chi connectivity index (χ2n) is 3.03. The van der Waals surface area contributed by atoms with Crippen molar-refractivity contribution < 1.29 is 29.8 Å². The summed E-state index contributed by atoms with van der Waals surface area (Å²) in [7, 11) is 0. The largest absolute Gasteiger partial charge is 0.481 e. The van der Waals surface area contributed by atoms with Crippen LogP contribution in [0.15, 0.2) is 30.3 Å². The highest BCUT2D eigenvalue weighted by Gasteiger charge is 2.16. The molecule has 3 N–H and O–H groups in total. The van der Waals surface area contributed by atoms with Crippen LogP contribution in [0.4, 0.5) is 0 Å². The molecule has 19 heavy (non-hydrogen) atoms. The first-order valence-electron chi connectivity index (χ1n) is 4.64. The van der Waals surface area contributed by atoms with Crippen LogP contribution >= 0.6 is 0 Å². The molecule has 0 aliphatic carbocycles. The number of hydrogen-bond acceptors (Lipinski definition) is 5. The topological polar surface area (TPSA) is 138 Å². The van der Waals surface area contributed by atoms with Crippen LogP contribution in [0.2, 0.25) is 0 Å². The number of carbonyl (C=O) groups is 2. The molecule has 0 radical (unpaired) electrons. The van der Waals surface area contributed by atoms with E-state index in [4.69, 9.17) is 15.3 Å². The zero-order valence-corrected chi connectivity index (χ0v) is 9.09. The zero-order chi connectivity index (χ0) is 14.1. The molecule has 1 aromatic carbocycles. The van der Waals surface area contributed by atoms with Crippen LogP contribution in [0.1, 0.15) is 18.2 Å². The summed E-state index contributed by atoms with van der Waals surface area (Å²) in [6.07, 6.45) is -2.41. The minimum atomic E-state index is -1.60. The van der Waals surface area contributed by atoms with Gasteiger partial charge in [-0.3, -0.25) is 19.7 Å². The average molecular weight is 284 g/mol. The van der Waals surface area contributed by atoms with E-state index in [0.29, 0.717) is 5.56 Å². The van der Waals surface area contributed by atoms with Gasteiger partial charge in [-0.1, -0.05) is 18.2 Å². The van der Waals surface area contributed by atoms with E-state index in [2.05, 4.69) is 0 Å². The minimum Gasteiger partial charge on any atom is -0.481 e. The normalized spacial score (nSPS) is 10.2. The van der Waals surface area contributed by atoms with E-state index in [1.165, 1.54) is 12.1 Å². The van der Waals surface area contributed by atoms with Crippen molar-refractivity contribution >= 4 is 35.0 Å². The summed E-state index contributed by atoms with van der Waals surface area (Å²) < 4.78 is 0. The monoisotopic (exact) mass is 283 g/mol. The fourth-order valence-corrected chi connectivity index (χ4v) is 0.876. The molecule has 0 fully saturated rings. The number of carboxylic acids is 2. The second-order valence-corrected chi connectivity index (χ2v) is 3.03. The van der Waals surface area contributed by atoms with E-state index in [1.54, 1.807) is 18.2 Å². The Balaban J connectivity index is 0. The number of nitrogens with zero attached hydrogens (tertiary/aromatic N) is 1. The smallest absolute Gasteiger partial charge is 0.339 e. The molecule has 102 valence electrons. The molecule has 0 saturated heterocycles. The number of rotatable bonds is 4. The van der Waals surface area contributed by atoms with Crippen LogP contribution in [-0.2, 0) is 9.59 Å². The molecule has 1 aromatic rings. The zero-order valence-electron chi connectivity index (χ0n) is 9.09. The molecule has 0 bridgehead atoms. The summed E-state index contributed by atoms with van der Waals surface area (Å²) in [4.78, 5) is 28.2. The highest BCUT2D eigenvalue weighted by molar-refractivity contribution is 5.88. The lowest BCUT2D eigenvalue weighted by atomic mass is 10.2. The van der Waals surface area contributed by atoms with Crippen molar-refractivity contribution in [3.63, 3.8) is 0 Å². The maximum absolute atomic E-state index is 10.1. The molecule has 0 saturated carbocycles. The van der Waals surface area contributed by atoms with Gasteiger partial charge in [0.2, 0.25) is 0 Å². The lowest BCUT2D eigenvalue weighted by Crippen LogP contribution is -2.08. The van der Waals surface area contributed by atoms with Crippen molar-refractivity contribution in [1.82, 2.24) is 0 Å². The van der Waals surface area contributed by atoms with Crippen molar-refractivity contribution in [3.8, 4) is 0 Å². The molecular formula is C10H13MgNO7. The molecule has 0 heterocycles. The van der Waals surface area contributed by atoms with Crippen LogP contribution in [-0.4, -0.2) is 55.2 Å². The number of aliphatic hydroxyl groups excluding tert-OH is 1. The van der Waals surface area contributed by atoms with E-state index in [1.807, 2.05) is 0 Å². The second kappa shape index (κ2) is 10.2. The van der Waals surface area contributed by atoms with Gasteiger partial charge < -0.3 is 15.3 Å². The summed E-state index contributed by atoms with van der Waals surface area (Å²) in [5, 5.41) is 34.4. The summed E-state index contributed by atoms with van der Waals surface area (Å²) in [5.41, 5.74) is 0.303. The molecule has 0 amide bonds. The summed E-state index contributed by atoms with van der Waals surface area (Å²) in [5.74, 6) is -2.62. The van der Waals surface area contributed by atoms with Gasteiger partial charge in [0.1, 0.15) is 6.42 Å². The van der Waals surface area contributed by atoms with E-state index in [9.17, 15) is 19.7 Å². The lowest BCUT2D eigenvalue weighted by Gasteiger charge is -2.00. The Morgan fingerprint density at radius 3 is 1.84 bits per heavy atom. The minimum absolute atomic E-state index is 0. The van der Waals surface area contributed by atoms with E-state index in [0.717, 1.165) is 0 Å². The average Bonchev–Trinajstić information content (AvgIpc) is 2.28. The summed E-state index contributed by atoms with van der Waals surface area (Å²) in [6.45, 7) is 0. The van der Waals surface area contributed by atoms with E-state index < -0.39 is 29.5 Å². The molecule has 0 aromatic heterocycles. The van der Waals surface area contributed by atoms with Gasteiger partial charge in [0, 0.05) is 0 Å². The Hall–Kier alpha value is -1.71. The summed E-state index contributed by atoms with van der Waals surface area (Å²) >= 11 is 0. The van der Waals surface area contributed by atoms with Crippen molar-refractivity contribution in [1.29, 1.82) is 0 Å². The van der Waals surface area contributed by atoms with Crippen LogP contribution < -0.4 is 0 Å². The van der Waals surface area contributed by atoms with E-state index >= 15 is 0 Å². The van der Waals surface area contributed by atoms with Gasteiger partial charge in [0.15, 0.2) is 0 Å². The molecule has 1 rings (SSSR count). The highest BCUT2D eigenvalue weighted by atomic mass is 24.3. The van der Waals surface area contributed by atoms with Gasteiger partial charge in [-0.05, 0) is 12.1 Å². The molecular weight excluding hydrogens is 270 g/mol. The van der Waals surface area contributed by atoms with Crippen molar-refractivity contribution in [2.75, 3.05) is 0 Å². The molecule has 1 unspecified atom stereocenters. The molecule has 9 heteroatoms. The van der Waals surface area contributed by atoms with Gasteiger partial charge in [-0.15, -0.1) is 0 Å². The van der Waals surface area contributed by atoms with Gasteiger partial charge in [-0.2, -0.15) is 0 Å². The van der Waals surface area contributed by atoms with Crippen LogP contribution in [0.3, 0.4) is 0 Å². The Bertz CT molecular complexity index is 411. The number of benzene rings is 1. The molecule has 8 nitrogen and oxygen atoms in total. The van der Waals surface area contributed by atoms with E-state index in [-0.39, 0.29) is 23.1 Å². The predicted octanol–water partition coefficient (Wildman–Crippen LogP) is -0.416. The molecule has 0 spiro atoms. The first-order chi connectivity index (χ1) is 8.34. The highest BCUT2D eigenvalue weighted by Crippen LogP contribution is 2.11. The Kier molecular flexibility index (Phi) is 10.6. The molecule has 0 aliphatic heterocycles. The van der Waals surface area contributed by atoms with Crippen LogP contribution in [0.5, 0.6) is 0 Å². The third-order valence-corrected chi connectivity index (χ3v) is 1.60. The Morgan fingerprint density at radius 2 is 1.58 bits per heavy atom. The maximum atomic E-state index is 10.1. The van der Waals surface area contributed by atoms with Crippen LogP contribution in [0, 0.1) is 10.1 Å². The quantitative estimate of drug-likeness (QED) is 0.224. The number of aliphatic hydroxyl groups is 1. The maximum Gasteiger partial charge on any atom is 0.339 e. The van der Waals surface area contributed by atoms with Crippen molar-refractivity contribution in [2.24, 2.45) is 0 Å². The summed E-state index contributed by atoms with van der Waals surface area (Å²) in [6, 6.07) is 8.03. The Labute approximate surface area is 124 Å². The number of aliphatic carboxylic acids is 2. The fourth-order valence-electron chi connectivity index (χ4n) is 0.876. The SMILES string of the molecule is O=C(O)CC(=O)O.O=[N+]([O-])C(O)c1ccccc1.[MgH2]. The Morgan fingerprint density at radius 1 is 1.16 bits per heavy atom. The predicted molar refractivity (Wildman–Crippen MR) is 66.8 cm³/mol. The third-order valence-electron chi connectivity index (χ3n) is 1.60. The van der Waals surface area contributed by atoms with Crippen molar-refractivity contribution in [3.05, 3.63) is 46.0 Å². The molecule has 0 aliphatic rings. The third kappa shape index (κ3) is 9.94. The fraction of sp³-hybridized carbons (Fsp3) is 0.200.